The maximum Gasteiger partial charge on any atom is 0.407 e. The standard InChI is InChI=1S/C27H35N5O6S/c33-22(32-25-28-6-1-7-29-25)5-3-19-2-4-21(39-19)23(34)30-14-20(24(35)36)31-26(37)38-15-27-11-16-8-17(12-27)10-18(9-16)13-27/h2-5,16-18,20H,1,6-15H2,(H,30,34)(H,31,37)(H,35,36)(H2,28,29,32,33)/b5-3+. The molecule has 0 aromatic carbocycles. The highest BCUT2D eigenvalue weighted by atomic mass is 32.1. The number of guanidine groups is 1. The molecule has 210 valence electrons. The molecule has 0 spiro atoms. The number of hydrogen-bond donors (Lipinski definition) is 5. The van der Waals surface area contributed by atoms with Crippen LogP contribution in [-0.4, -0.2) is 67.2 Å². The van der Waals surface area contributed by atoms with E-state index in [4.69, 9.17) is 4.74 Å². The van der Waals surface area contributed by atoms with E-state index in [0.717, 1.165) is 61.3 Å². The van der Waals surface area contributed by atoms with Gasteiger partial charge in [-0.3, -0.25) is 19.9 Å². The summed E-state index contributed by atoms with van der Waals surface area (Å²) in [7, 11) is 0. The Morgan fingerprint density at radius 2 is 1.87 bits per heavy atom. The van der Waals surface area contributed by atoms with Gasteiger partial charge < -0.3 is 25.8 Å². The maximum absolute atomic E-state index is 12.6. The fourth-order valence-corrected chi connectivity index (χ4v) is 7.68. The van der Waals surface area contributed by atoms with Crippen LogP contribution in [0.1, 0.15) is 59.5 Å². The molecule has 1 unspecified atom stereocenters. The summed E-state index contributed by atoms with van der Waals surface area (Å²) >= 11 is 1.15. The molecule has 1 aromatic heterocycles. The van der Waals surface area contributed by atoms with Crippen LogP contribution in [0.25, 0.3) is 6.08 Å². The number of carboxylic acids is 1. The van der Waals surface area contributed by atoms with E-state index < -0.39 is 24.0 Å². The molecule has 5 aliphatic rings. The number of nitrogens with zero attached hydrogens (tertiary/aromatic N) is 1. The molecule has 5 N–H and O–H groups in total. The molecule has 4 fully saturated rings. The van der Waals surface area contributed by atoms with Crippen LogP contribution in [0.4, 0.5) is 4.79 Å². The van der Waals surface area contributed by atoms with Crippen LogP contribution in [0.5, 0.6) is 0 Å². The third-order valence-electron chi connectivity index (χ3n) is 8.12. The topological polar surface area (TPSA) is 158 Å². The van der Waals surface area contributed by atoms with E-state index in [0.29, 0.717) is 28.9 Å². The van der Waals surface area contributed by atoms with Crippen molar-refractivity contribution in [2.45, 2.75) is 51.0 Å². The molecule has 3 amide bonds. The van der Waals surface area contributed by atoms with Crippen LogP contribution in [0.2, 0.25) is 0 Å². The summed E-state index contributed by atoms with van der Waals surface area (Å²) in [4.78, 5) is 54.1. The lowest BCUT2D eigenvalue weighted by Gasteiger charge is -2.56. The molecule has 1 atom stereocenters. The Morgan fingerprint density at radius 3 is 2.51 bits per heavy atom. The Hall–Kier alpha value is -3.41. The third kappa shape index (κ3) is 6.97. The molecule has 0 saturated heterocycles. The zero-order valence-corrected chi connectivity index (χ0v) is 22.6. The smallest absolute Gasteiger partial charge is 0.407 e. The van der Waals surface area contributed by atoms with Crippen LogP contribution in [0.15, 0.2) is 23.2 Å². The van der Waals surface area contributed by atoms with Crippen LogP contribution >= 0.6 is 11.3 Å². The quantitative estimate of drug-likeness (QED) is 0.292. The van der Waals surface area contributed by atoms with Crippen molar-refractivity contribution in [1.29, 1.82) is 0 Å². The zero-order valence-electron chi connectivity index (χ0n) is 21.7. The average Bonchev–Trinajstić information content (AvgIpc) is 3.38. The van der Waals surface area contributed by atoms with Crippen LogP contribution in [0, 0.1) is 23.2 Å². The normalized spacial score (nSPS) is 27.8. The summed E-state index contributed by atoms with van der Waals surface area (Å²) in [5.74, 6) is 0.547. The first-order valence-corrected chi connectivity index (χ1v) is 14.4. The minimum absolute atomic E-state index is 0.0337. The number of carbonyl (C=O) groups excluding carboxylic acids is 3. The minimum atomic E-state index is -1.32. The van der Waals surface area contributed by atoms with Crippen molar-refractivity contribution in [3.63, 3.8) is 0 Å². The Bertz CT molecular complexity index is 1140. The molecule has 39 heavy (non-hydrogen) atoms. The van der Waals surface area contributed by atoms with Crippen molar-refractivity contribution in [2.24, 2.45) is 28.2 Å². The van der Waals surface area contributed by atoms with Gasteiger partial charge in [0, 0.05) is 36.0 Å². The van der Waals surface area contributed by atoms with E-state index in [1.165, 1.54) is 25.3 Å². The minimum Gasteiger partial charge on any atom is -0.480 e. The van der Waals surface area contributed by atoms with E-state index in [1.807, 2.05) is 0 Å². The molecule has 11 nitrogen and oxygen atoms in total. The summed E-state index contributed by atoms with van der Waals surface area (Å²) in [5.41, 5.74) is 0.0337. The molecular formula is C27H35N5O6S. The molecule has 4 aliphatic carbocycles. The maximum atomic E-state index is 12.6. The number of nitrogens with one attached hydrogen (secondary N) is 4. The van der Waals surface area contributed by atoms with Gasteiger partial charge in [-0.15, -0.1) is 11.3 Å². The molecule has 4 saturated carbocycles. The fourth-order valence-electron chi connectivity index (χ4n) is 6.85. The predicted molar refractivity (Wildman–Crippen MR) is 145 cm³/mol. The molecule has 12 heteroatoms. The Balaban J connectivity index is 1.07. The molecule has 2 heterocycles. The highest BCUT2D eigenvalue weighted by Crippen LogP contribution is 2.60. The van der Waals surface area contributed by atoms with E-state index in [1.54, 1.807) is 18.2 Å². The summed E-state index contributed by atoms with van der Waals surface area (Å²) in [6.07, 6.45) is 10.2. The lowest BCUT2D eigenvalue weighted by atomic mass is 9.50. The van der Waals surface area contributed by atoms with Gasteiger partial charge in [-0.25, -0.2) is 9.59 Å². The SMILES string of the molecule is O=C(/C=C/c1ccc(C(=O)NCC(NC(=O)OCC23CC4CC(CC(C4)C2)C3)C(=O)O)s1)NC1=NCCCN1. The van der Waals surface area contributed by atoms with Gasteiger partial charge in [-0.05, 0) is 80.9 Å². The number of amides is 3. The van der Waals surface area contributed by atoms with Gasteiger partial charge in [-0.2, -0.15) is 0 Å². The first-order chi connectivity index (χ1) is 18.8. The van der Waals surface area contributed by atoms with Crippen molar-refractivity contribution >= 4 is 47.2 Å². The average molecular weight is 558 g/mol. The van der Waals surface area contributed by atoms with Crippen LogP contribution in [0.3, 0.4) is 0 Å². The second-order valence-electron chi connectivity index (χ2n) is 11.3. The van der Waals surface area contributed by atoms with Gasteiger partial charge in [0.25, 0.3) is 11.8 Å². The molecule has 1 aliphatic heterocycles. The van der Waals surface area contributed by atoms with Gasteiger partial charge >= 0.3 is 12.1 Å². The third-order valence-corrected chi connectivity index (χ3v) is 9.17. The summed E-state index contributed by atoms with van der Waals surface area (Å²) in [6.45, 7) is 1.45. The highest BCUT2D eigenvalue weighted by Gasteiger charge is 2.51. The second-order valence-corrected chi connectivity index (χ2v) is 12.4. The number of hydrogen-bond acceptors (Lipinski definition) is 8. The highest BCUT2D eigenvalue weighted by molar-refractivity contribution is 7.14. The van der Waals surface area contributed by atoms with Crippen molar-refractivity contribution < 1.29 is 29.0 Å². The first kappa shape index (κ1) is 27.2. The van der Waals surface area contributed by atoms with Gasteiger partial charge in [0.2, 0.25) is 0 Å². The van der Waals surface area contributed by atoms with E-state index in [2.05, 4.69) is 26.3 Å². The Kier molecular flexibility index (Phi) is 8.20. The molecule has 0 radical (unpaired) electrons. The van der Waals surface area contributed by atoms with Crippen molar-refractivity contribution in [1.82, 2.24) is 21.3 Å². The second kappa shape index (κ2) is 11.8. The van der Waals surface area contributed by atoms with Gasteiger partial charge in [0.15, 0.2) is 5.96 Å². The Morgan fingerprint density at radius 1 is 1.15 bits per heavy atom. The molecular weight excluding hydrogens is 522 g/mol. The fraction of sp³-hybridized carbons (Fsp3) is 0.593. The van der Waals surface area contributed by atoms with Crippen molar-refractivity contribution in [2.75, 3.05) is 26.2 Å². The van der Waals surface area contributed by atoms with Crippen molar-refractivity contribution in [3.05, 3.63) is 28.0 Å². The largest absolute Gasteiger partial charge is 0.480 e. The number of ether oxygens (including phenoxy) is 1. The number of aliphatic imine (C=N–C) groups is 1. The van der Waals surface area contributed by atoms with E-state index in [-0.39, 0.29) is 17.9 Å². The van der Waals surface area contributed by atoms with Gasteiger partial charge in [0.05, 0.1) is 11.5 Å². The number of carboxylic acid groups (broad SMARTS) is 1. The van der Waals surface area contributed by atoms with Gasteiger partial charge in [0.1, 0.15) is 6.04 Å². The predicted octanol–water partition coefficient (Wildman–Crippen LogP) is 2.35. The summed E-state index contributed by atoms with van der Waals surface area (Å²) < 4.78 is 5.52. The number of aliphatic carboxylic acids is 1. The number of rotatable bonds is 9. The lowest BCUT2D eigenvalue weighted by molar-refractivity contribution is -0.139. The molecule has 1 aromatic rings. The monoisotopic (exact) mass is 557 g/mol. The number of thiophene rings is 1. The van der Waals surface area contributed by atoms with Crippen molar-refractivity contribution in [3.8, 4) is 0 Å². The number of carbonyl (C=O) groups is 4. The molecule has 4 bridgehead atoms. The van der Waals surface area contributed by atoms with E-state index in [9.17, 15) is 24.3 Å². The lowest BCUT2D eigenvalue weighted by Crippen LogP contribution is -2.51. The summed E-state index contributed by atoms with van der Waals surface area (Å²) in [6, 6.07) is 1.96. The van der Waals surface area contributed by atoms with Gasteiger partial charge in [-0.1, -0.05) is 0 Å². The van der Waals surface area contributed by atoms with E-state index >= 15 is 0 Å². The molecule has 6 rings (SSSR count). The summed E-state index contributed by atoms with van der Waals surface area (Å²) in [5, 5.41) is 20.2. The Labute approximate surface area is 230 Å². The number of alkyl carbamates (subject to hydrolysis) is 1. The van der Waals surface area contributed by atoms with Crippen LogP contribution < -0.4 is 21.3 Å². The zero-order chi connectivity index (χ0) is 27.4. The van der Waals surface area contributed by atoms with Crippen LogP contribution in [-0.2, 0) is 14.3 Å². The first-order valence-electron chi connectivity index (χ1n) is 13.6.